The maximum Gasteiger partial charge on any atom is 0.227 e. The molecule has 0 spiro atoms. The summed E-state index contributed by atoms with van der Waals surface area (Å²) in [5.41, 5.74) is 2.21. The first-order valence-corrected chi connectivity index (χ1v) is 9.58. The first-order valence-electron chi connectivity index (χ1n) is 8.63. The summed E-state index contributed by atoms with van der Waals surface area (Å²) >= 11 is 1.64. The monoisotopic (exact) mass is 345 g/mol. The summed E-state index contributed by atoms with van der Waals surface area (Å²) in [6.45, 7) is 3.87. The van der Waals surface area contributed by atoms with Crippen LogP contribution in [-0.2, 0) is 29.0 Å². The molecule has 3 heterocycles. The first-order chi connectivity index (χ1) is 11.8. The van der Waals surface area contributed by atoms with Crippen LogP contribution in [0.15, 0.2) is 29.4 Å². The number of hydrogen-bond acceptors (Lipinski definition) is 4. The van der Waals surface area contributed by atoms with Crippen molar-refractivity contribution in [2.45, 2.75) is 32.4 Å². The highest BCUT2D eigenvalue weighted by Crippen LogP contribution is 2.29. The third-order valence-corrected chi connectivity index (χ3v) is 5.51. The number of hydrogen-bond donors (Lipinski definition) is 0. The van der Waals surface area contributed by atoms with Crippen LogP contribution in [0.25, 0.3) is 0 Å². The molecule has 1 saturated carbocycles. The molecule has 0 bridgehead atoms. The van der Waals surface area contributed by atoms with E-state index in [0.29, 0.717) is 18.9 Å². The Balaban J connectivity index is 1.42. The SMILES string of the molecule is O=C(Cc1ccsc1)N1Cc2cncn2C[C@@H](COCC2CC2)C1. The third kappa shape index (κ3) is 3.87. The van der Waals surface area contributed by atoms with E-state index in [4.69, 9.17) is 4.74 Å². The summed E-state index contributed by atoms with van der Waals surface area (Å²) in [5.74, 6) is 1.29. The number of thiophene rings is 1. The predicted octanol–water partition coefficient (Wildman–Crippen LogP) is 2.57. The van der Waals surface area contributed by atoms with Gasteiger partial charge in [0, 0.05) is 31.8 Å². The molecule has 1 fully saturated rings. The summed E-state index contributed by atoms with van der Waals surface area (Å²) in [6, 6.07) is 2.03. The molecule has 0 aromatic carbocycles. The standard InChI is InChI=1S/C18H23N3O2S/c22-18(5-15-3-4-24-12-15)20-7-16(11-23-10-14-1-2-14)8-21-13-19-6-17(21)9-20/h3-4,6,12-14,16H,1-2,5,7-11H2/t16-/m0/s1. The minimum Gasteiger partial charge on any atom is -0.381 e. The molecule has 24 heavy (non-hydrogen) atoms. The molecule has 1 atom stereocenters. The molecule has 2 aliphatic rings. The lowest BCUT2D eigenvalue weighted by atomic mass is 10.1. The van der Waals surface area contributed by atoms with Gasteiger partial charge in [-0.1, -0.05) is 0 Å². The van der Waals surface area contributed by atoms with E-state index >= 15 is 0 Å². The van der Waals surface area contributed by atoms with Crippen LogP contribution < -0.4 is 0 Å². The molecular weight excluding hydrogens is 322 g/mol. The number of fused-ring (bicyclic) bond motifs is 1. The maximum atomic E-state index is 12.7. The minimum atomic E-state index is 0.190. The van der Waals surface area contributed by atoms with Gasteiger partial charge in [0.25, 0.3) is 0 Å². The van der Waals surface area contributed by atoms with Crippen molar-refractivity contribution in [1.29, 1.82) is 0 Å². The van der Waals surface area contributed by atoms with Gasteiger partial charge in [-0.2, -0.15) is 11.3 Å². The van der Waals surface area contributed by atoms with Gasteiger partial charge < -0.3 is 14.2 Å². The highest BCUT2D eigenvalue weighted by molar-refractivity contribution is 7.07. The first kappa shape index (κ1) is 15.8. The van der Waals surface area contributed by atoms with E-state index in [1.165, 1.54) is 12.8 Å². The molecule has 1 aliphatic heterocycles. The lowest BCUT2D eigenvalue weighted by molar-refractivity contribution is -0.131. The van der Waals surface area contributed by atoms with Crippen LogP contribution in [-0.4, -0.2) is 40.1 Å². The zero-order valence-corrected chi connectivity index (χ0v) is 14.6. The van der Waals surface area contributed by atoms with Crippen LogP contribution in [0.1, 0.15) is 24.1 Å². The molecular formula is C18H23N3O2S. The number of carbonyl (C=O) groups is 1. The average Bonchev–Trinajstić information content (AvgIpc) is 3.13. The van der Waals surface area contributed by atoms with E-state index in [-0.39, 0.29) is 5.91 Å². The van der Waals surface area contributed by atoms with Gasteiger partial charge in [-0.15, -0.1) is 0 Å². The quantitative estimate of drug-likeness (QED) is 0.808. The van der Waals surface area contributed by atoms with Crippen molar-refractivity contribution in [3.05, 3.63) is 40.6 Å². The van der Waals surface area contributed by atoms with Crippen molar-refractivity contribution in [2.24, 2.45) is 11.8 Å². The fourth-order valence-electron chi connectivity index (χ4n) is 3.21. The number of nitrogens with zero attached hydrogens (tertiary/aromatic N) is 3. The Bertz CT molecular complexity index is 678. The summed E-state index contributed by atoms with van der Waals surface area (Å²) in [5, 5.41) is 4.07. The van der Waals surface area contributed by atoms with Gasteiger partial charge in [0.05, 0.1) is 31.6 Å². The van der Waals surface area contributed by atoms with Crippen molar-refractivity contribution in [1.82, 2.24) is 14.5 Å². The number of amides is 1. The molecule has 0 saturated heterocycles. The maximum absolute atomic E-state index is 12.7. The topological polar surface area (TPSA) is 47.4 Å². The highest BCUT2D eigenvalue weighted by atomic mass is 32.1. The molecule has 4 rings (SSSR count). The molecule has 0 unspecified atom stereocenters. The van der Waals surface area contributed by atoms with Gasteiger partial charge in [-0.3, -0.25) is 4.79 Å². The van der Waals surface area contributed by atoms with Gasteiger partial charge in [0.1, 0.15) is 0 Å². The van der Waals surface area contributed by atoms with E-state index in [0.717, 1.165) is 43.5 Å². The number of aromatic nitrogens is 2. The van der Waals surface area contributed by atoms with Crippen molar-refractivity contribution in [3.8, 4) is 0 Å². The van der Waals surface area contributed by atoms with Crippen molar-refractivity contribution in [2.75, 3.05) is 19.8 Å². The molecule has 1 amide bonds. The normalized spacial score (nSPS) is 20.7. The van der Waals surface area contributed by atoms with Gasteiger partial charge in [-0.25, -0.2) is 4.98 Å². The average molecular weight is 345 g/mol. The Hall–Kier alpha value is -1.66. The highest BCUT2D eigenvalue weighted by Gasteiger charge is 2.27. The van der Waals surface area contributed by atoms with Gasteiger partial charge in [0.2, 0.25) is 5.91 Å². The summed E-state index contributed by atoms with van der Waals surface area (Å²) in [6.07, 6.45) is 6.84. The Morgan fingerprint density at radius 2 is 2.17 bits per heavy atom. The number of rotatable bonds is 6. The van der Waals surface area contributed by atoms with Crippen LogP contribution in [0, 0.1) is 11.8 Å². The lowest BCUT2D eigenvalue weighted by Crippen LogP contribution is -2.36. The second kappa shape index (κ2) is 7.07. The molecule has 0 N–H and O–H groups in total. The fourth-order valence-corrected chi connectivity index (χ4v) is 3.88. The van der Waals surface area contributed by atoms with E-state index < -0.39 is 0 Å². The molecule has 5 nitrogen and oxygen atoms in total. The second-order valence-electron chi connectivity index (χ2n) is 6.97. The molecule has 0 radical (unpaired) electrons. The van der Waals surface area contributed by atoms with Crippen molar-refractivity contribution >= 4 is 17.2 Å². The summed E-state index contributed by atoms with van der Waals surface area (Å²) in [7, 11) is 0. The van der Waals surface area contributed by atoms with Gasteiger partial charge in [0.15, 0.2) is 0 Å². The van der Waals surface area contributed by atoms with Crippen LogP contribution in [0.4, 0.5) is 0 Å². The van der Waals surface area contributed by atoms with Gasteiger partial charge in [-0.05, 0) is 41.1 Å². The molecule has 6 heteroatoms. The van der Waals surface area contributed by atoms with E-state index in [1.807, 2.05) is 28.9 Å². The molecule has 2 aromatic rings. The zero-order chi connectivity index (χ0) is 16.4. The second-order valence-corrected chi connectivity index (χ2v) is 7.75. The fraction of sp³-hybridized carbons (Fsp3) is 0.556. The van der Waals surface area contributed by atoms with E-state index in [2.05, 4.69) is 14.9 Å². The van der Waals surface area contributed by atoms with Crippen molar-refractivity contribution < 1.29 is 9.53 Å². The van der Waals surface area contributed by atoms with Crippen LogP contribution in [0.3, 0.4) is 0 Å². The van der Waals surface area contributed by atoms with Crippen LogP contribution in [0.5, 0.6) is 0 Å². The van der Waals surface area contributed by atoms with Crippen LogP contribution >= 0.6 is 11.3 Å². The number of ether oxygens (including phenoxy) is 1. The van der Waals surface area contributed by atoms with Gasteiger partial charge >= 0.3 is 0 Å². The lowest BCUT2D eigenvalue weighted by Gasteiger charge is -2.24. The molecule has 128 valence electrons. The summed E-state index contributed by atoms with van der Waals surface area (Å²) < 4.78 is 8.08. The summed E-state index contributed by atoms with van der Waals surface area (Å²) in [4.78, 5) is 19.0. The van der Waals surface area contributed by atoms with E-state index in [1.54, 1.807) is 11.3 Å². The Morgan fingerprint density at radius 1 is 1.29 bits per heavy atom. The number of imidazole rings is 1. The number of carbonyl (C=O) groups excluding carboxylic acids is 1. The molecule has 2 aromatic heterocycles. The van der Waals surface area contributed by atoms with E-state index in [9.17, 15) is 4.79 Å². The largest absolute Gasteiger partial charge is 0.381 e. The Labute approximate surface area is 146 Å². The third-order valence-electron chi connectivity index (χ3n) is 4.78. The minimum absolute atomic E-state index is 0.190. The Kier molecular flexibility index (Phi) is 4.67. The molecule has 1 aliphatic carbocycles. The zero-order valence-electron chi connectivity index (χ0n) is 13.8. The predicted molar refractivity (Wildman–Crippen MR) is 92.7 cm³/mol. The Morgan fingerprint density at radius 3 is 2.96 bits per heavy atom. The smallest absolute Gasteiger partial charge is 0.227 e. The van der Waals surface area contributed by atoms with Crippen molar-refractivity contribution in [3.63, 3.8) is 0 Å². The van der Waals surface area contributed by atoms with Crippen LogP contribution in [0.2, 0.25) is 0 Å².